The Hall–Kier alpha value is -4.13. The average Bonchev–Trinajstić information content (AvgIpc) is 3.17. The molecule has 46 heavy (non-hydrogen) atoms. The third kappa shape index (κ3) is 6.29. The molecule has 0 saturated heterocycles. The van der Waals surface area contributed by atoms with Crippen molar-refractivity contribution in [1.82, 2.24) is 0 Å². The number of fused-ring (bicyclic) bond motifs is 6. The van der Waals surface area contributed by atoms with Crippen LogP contribution in [0.4, 0.5) is 0 Å². The Morgan fingerprint density at radius 3 is 1.52 bits per heavy atom. The molecule has 0 aliphatic carbocycles. The summed E-state index contributed by atoms with van der Waals surface area (Å²) in [5, 5.41) is 0. The molecule has 0 aromatic heterocycles. The Morgan fingerprint density at radius 2 is 1.09 bits per heavy atom. The van der Waals surface area contributed by atoms with Crippen molar-refractivity contribution < 1.29 is 33.3 Å². The second kappa shape index (κ2) is 11.0. The van der Waals surface area contributed by atoms with E-state index in [1.807, 2.05) is 52.8 Å². The minimum atomic E-state index is -1.31. The lowest BCUT2D eigenvalue weighted by Crippen LogP contribution is -2.34. The van der Waals surface area contributed by atoms with Crippen LogP contribution in [0.1, 0.15) is 115 Å². The highest BCUT2D eigenvalue weighted by molar-refractivity contribution is 5.97. The number of benzene rings is 3. The van der Waals surface area contributed by atoms with Crippen molar-refractivity contribution in [1.29, 1.82) is 0 Å². The first kappa shape index (κ1) is 33.2. The third-order valence-corrected chi connectivity index (χ3v) is 8.38. The highest BCUT2D eigenvalue weighted by atomic mass is 16.6. The maximum atomic E-state index is 13.4. The lowest BCUT2D eigenvalue weighted by molar-refractivity contribution is -0.146. The predicted octanol–water partition coefficient (Wildman–Crippen LogP) is 9.30. The fraction of sp³-hybridized carbons (Fsp3) is 0.462. The molecule has 5 rings (SSSR count). The summed E-state index contributed by atoms with van der Waals surface area (Å²) in [6, 6.07) is 15.9. The average molecular weight is 627 g/mol. The summed E-state index contributed by atoms with van der Waals surface area (Å²) in [6.07, 6.45) is 1.27. The molecule has 7 heteroatoms. The minimum Gasteiger partial charge on any atom is -0.456 e. The zero-order chi connectivity index (χ0) is 34.0. The molecule has 0 amide bonds. The van der Waals surface area contributed by atoms with Crippen LogP contribution in [-0.4, -0.2) is 17.9 Å². The molecule has 1 spiro atoms. The number of aryl methyl sites for hydroxylation is 1. The molecule has 0 atom stereocenters. The lowest BCUT2D eigenvalue weighted by atomic mass is 9.76. The molecule has 0 unspecified atom stereocenters. The Balaban J connectivity index is 1.58. The monoisotopic (exact) mass is 626 g/mol. The van der Waals surface area contributed by atoms with Gasteiger partial charge >= 0.3 is 17.9 Å². The van der Waals surface area contributed by atoms with Crippen molar-refractivity contribution in [2.45, 2.75) is 94.6 Å². The largest absolute Gasteiger partial charge is 0.456 e. The fourth-order valence-corrected chi connectivity index (χ4v) is 7.22. The highest BCUT2D eigenvalue weighted by Gasteiger charge is 2.54. The van der Waals surface area contributed by atoms with E-state index < -0.39 is 22.4 Å². The third-order valence-electron chi connectivity index (χ3n) is 8.38. The molecule has 2 aliphatic heterocycles. The van der Waals surface area contributed by atoms with Crippen LogP contribution < -0.4 is 14.2 Å². The second-order valence-electron chi connectivity index (χ2n) is 16.6. The summed E-state index contributed by atoms with van der Waals surface area (Å²) in [5.74, 6) is 0.195. The van der Waals surface area contributed by atoms with Crippen molar-refractivity contribution in [3.63, 3.8) is 0 Å². The van der Waals surface area contributed by atoms with Crippen LogP contribution in [0, 0.1) is 28.6 Å². The first-order valence-electron chi connectivity index (χ1n) is 15.9. The van der Waals surface area contributed by atoms with Crippen molar-refractivity contribution in [2.75, 3.05) is 0 Å². The zero-order valence-electron chi connectivity index (χ0n) is 29.0. The topological polar surface area (TPSA) is 88.1 Å². The van der Waals surface area contributed by atoms with Gasteiger partial charge in [-0.2, -0.15) is 0 Å². The first-order valence-corrected chi connectivity index (χ1v) is 15.9. The molecule has 2 heterocycles. The zero-order valence-corrected chi connectivity index (χ0v) is 29.0. The van der Waals surface area contributed by atoms with Crippen LogP contribution in [0.2, 0.25) is 0 Å². The number of hydrogen-bond donors (Lipinski definition) is 0. The molecule has 2 aliphatic rings. The van der Waals surface area contributed by atoms with E-state index in [1.54, 1.807) is 36.4 Å². The van der Waals surface area contributed by atoms with Gasteiger partial charge in [0.05, 0.1) is 16.4 Å². The van der Waals surface area contributed by atoms with Gasteiger partial charge in [-0.1, -0.05) is 59.2 Å². The molecule has 244 valence electrons. The van der Waals surface area contributed by atoms with E-state index in [0.717, 1.165) is 5.56 Å². The van der Waals surface area contributed by atoms with E-state index in [0.29, 0.717) is 58.1 Å². The van der Waals surface area contributed by atoms with Crippen molar-refractivity contribution in [2.24, 2.45) is 21.7 Å². The maximum absolute atomic E-state index is 13.4. The van der Waals surface area contributed by atoms with Gasteiger partial charge in [-0.15, -0.1) is 0 Å². The van der Waals surface area contributed by atoms with E-state index >= 15 is 0 Å². The normalized spacial score (nSPS) is 15.3. The number of rotatable bonds is 6. The van der Waals surface area contributed by atoms with Crippen molar-refractivity contribution in [3.8, 4) is 23.0 Å². The van der Waals surface area contributed by atoms with Crippen LogP contribution in [0.3, 0.4) is 0 Å². The number of carbonyl (C=O) groups is 3. The molecular weight excluding hydrogens is 580 g/mol. The smallest absolute Gasteiger partial charge is 0.340 e. The Bertz CT molecular complexity index is 1640. The molecule has 0 fully saturated rings. The van der Waals surface area contributed by atoms with Crippen molar-refractivity contribution in [3.05, 3.63) is 82.4 Å². The first-order chi connectivity index (χ1) is 21.1. The SMILES string of the molecule is Cc1ccc2c(c1)C(=O)OC21c2ccc(OC(=O)C(C)(C)CC(C)(C)C)cc2Oc2cc(OC(=O)C(C)(C)CC(C)(C)C)ccc21. The van der Waals surface area contributed by atoms with Gasteiger partial charge in [0.15, 0.2) is 5.60 Å². The Morgan fingerprint density at radius 1 is 0.652 bits per heavy atom. The number of carbonyl (C=O) groups excluding carboxylic acids is 3. The number of esters is 3. The molecule has 3 aromatic carbocycles. The summed E-state index contributed by atoms with van der Waals surface area (Å²) in [6.45, 7) is 22.0. The summed E-state index contributed by atoms with van der Waals surface area (Å²) in [4.78, 5) is 40.0. The molecule has 0 radical (unpaired) electrons. The van der Waals surface area contributed by atoms with E-state index in [2.05, 4.69) is 41.5 Å². The van der Waals surface area contributed by atoms with Gasteiger partial charge in [-0.25, -0.2) is 4.79 Å². The number of hydrogen-bond acceptors (Lipinski definition) is 7. The number of ether oxygens (including phenoxy) is 4. The summed E-state index contributed by atoms with van der Waals surface area (Å²) in [5.41, 5.74) is 0.379. The van der Waals surface area contributed by atoms with E-state index in [1.165, 1.54) is 0 Å². The quantitative estimate of drug-likeness (QED) is 0.199. The molecule has 0 saturated carbocycles. The van der Waals surface area contributed by atoms with Crippen LogP contribution in [0.25, 0.3) is 0 Å². The van der Waals surface area contributed by atoms with Gasteiger partial charge in [-0.3, -0.25) is 9.59 Å². The lowest BCUT2D eigenvalue weighted by Gasteiger charge is -2.37. The maximum Gasteiger partial charge on any atom is 0.340 e. The van der Waals surface area contributed by atoms with Crippen LogP contribution in [0.15, 0.2) is 54.6 Å². The van der Waals surface area contributed by atoms with E-state index in [-0.39, 0.29) is 22.8 Å². The summed E-state index contributed by atoms with van der Waals surface area (Å²) in [7, 11) is 0. The fourth-order valence-electron chi connectivity index (χ4n) is 7.22. The summed E-state index contributed by atoms with van der Waals surface area (Å²) < 4.78 is 24.5. The van der Waals surface area contributed by atoms with Crippen LogP contribution in [-0.2, 0) is 19.9 Å². The molecule has 0 N–H and O–H groups in total. The predicted molar refractivity (Wildman–Crippen MR) is 176 cm³/mol. The van der Waals surface area contributed by atoms with Gasteiger partial charge < -0.3 is 18.9 Å². The van der Waals surface area contributed by atoms with Gasteiger partial charge in [0.25, 0.3) is 0 Å². The standard InChI is InChI=1S/C39H46O7/c1-23-12-15-27-26(18-23)32(40)46-39(27)28-16-13-24(43-33(41)37(8,9)21-35(2,3)4)19-30(28)45-31-20-25(14-17-29(31)39)44-34(42)38(10,11)22-36(5,6)7/h12-20H,21-22H2,1-11H3. The summed E-state index contributed by atoms with van der Waals surface area (Å²) >= 11 is 0. The van der Waals surface area contributed by atoms with E-state index in [9.17, 15) is 14.4 Å². The van der Waals surface area contributed by atoms with Gasteiger partial charge in [0.2, 0.25) is 0 Å². The van der Waals surface area contributed by atoms with Crippen LogP contribution in [0.5, 0.6) is 23.0 Å². The van der Waals surface area contributed by atoms with Crippen LogP contribution >= 0.6 is 0 Å². The second-order valence-corrected chi connectivity index (χ2v) is 16.6. The van der Waals surface area contributed by atoms with Gasteiger partial charge in [0.1, 0.15) is 23.0 Å². The van der Waals surface area contributed by atoms with E-state index in [4.69, 9.17) is 18.9 Å². The molecule has 0 bridgehead atoms. The Labute approximate surface area is 272 Å². The molecule has 7 nitrogen and oxygen atoms in total. The molecule has 3 aromatic rings. The molecular formula is C39H46O7. The van der Waals surface area contributed by atoms with Crippen molar-refractivity contribution >= 4 is 17.9 Å². The Kier molecular flexibility index (Phi) is 7.94. The van der Waals surface area contributed by atoms with Gasteiger partial charge in [0, 0.05) is 28.8 Å². The minimum absolute atomic E-state index is 0.0706. The highest BCUT2D eigenvalue weighted by Crippen LogP contribution is 2.57. The van der Waals surface area contributed by atoms with Gasteiger partial charge in [-0.05, 0) is 88.6 Å².